The Labute approximate surface area is 187 Å². The molecule has 160 valence electrons. The molecule has 2 aromatic rings. The molecule has 0 saturated carbocycles. The molecule has 0 N–H and O–H groups in total. The second-order valence-corrected chi connectivity index (χ2v) is 7.39. The molecule has 0 bridgehead atoms. The van der Waals surface area contributed by atoms with Crippen molar-refractivity contribution in [3.8, 4) is 0 Å². The van der Waals surface area contributed by atoms with Gasteiger partial charge in [0.15, 0.2) is 0 Å². The fraction of sp³-hybridized carbons (Fsp3) is 0.462. The predicted molar refractivity (Wildman–Crippen MR) is 125 cm³/mol. The first-order chi connectivity index (χ1) is 13.6. The predicted octanol–water partition coefficient (Wildman–Crippen LogP) is 7.60. The summed E-state index contributed by atoms with van der Waals surface area (Å²) in [5, 5.41) is 0. The van der Waals surface area contributed by atoms with Gasteiger partial charge in [-0.25, -0.2) is 0 Å². The van der Waals surface area contributed by atoms with Gasteiger partial charge in [-0.1, -0.05) is 53.2 Å². The zero-order valence-electron chi connectivity index (χ0n) is 18.7. The van der Waals surface area contributed by atoms with Crippen molar-refractivity contribution >= 4 is 23.3 Å². The molecule has 29 heavy (non-hydrogen) atoms. The van der Waals surface area contributed by atoms with Gasteiger partial charge in [-0.05, 0) is 85.0 Å². The van der Waals surface area contributed by atoms with Gasteiger partial charge in [-0.15, -0.1) is 0 Å². The van der Waals surface area contributed by atoms with E-state index in [1.807, 2.05) is 6.21 Å². The van der Waals surface area contributed by atoms with E-state index in [0.29, 0.717) is 0 Å². The number of aryl methyl sites for hydroxylation is 4. The minimum Gasteiger partial charge on any atom is -0.255 e. The van der Waals surface area contributed by atoms with E-state index in [0.717, 1.165) is 62.0 Å². The van der Waals surface area contributed by atoms with Crippen LogP contribution in [0.1, 0.15) is 76.1 Å². The van der Waals surface area contributed by atoms with E-state index in [4.69, 9.17) is 9.98 Å². The monoisotopic (exact) mass is 434 g/mol. The molecule has 0 atom stereocenters. The summed E-state index contributed by atoms with van der Waals surface area (Å²) in [5.41, 5.74) is 8.57. The molecular formula is C26H36N2Ni. The van der Waals surface area contributed by atoms with E-state index >= 15 is 0 Å². The molecule has 0 aliphatic rings. The molecule has 0 saturated heterocycles. The van der Waals surface area contributed by atoms with E-state index in [-0.39, 0.29) is 16.5 Å². The molecule has 0 radical (unpaired) electrons. The Morgan fingerprint density at radius 1 is 0.690 bits per heavy atom. The second-order valence-electron chi connectivity index (χ2n) is 7.39. The molecule has 0 fully saturated rings. The summed E-state index contributed by atoms with van der Waals surface area (Å²) < 4.78 is 0. The summed E-state index contributed by atoms with van der Waals surface area (Å²) in [6.45, 7) is 11.0. The van der Waals surface area contributed by atoms with Crippen molar-refractivity contribution in [3.05, 3.63) is 58.7 Å². The van der Waals surface area contributed by atoms with Gasteiger partial charge in [0.25, 0.3) is 0 Å². The molecule has 2 nitrogen and oxygen atoms in total. The van der Waals surface area contributed by atoms with Crippen LogP contribution in [0.25, 0.3) is 0 Å². The number of unbranched alkanes of at least 4 members (excludes halogenated alkanes) is 1. The minimum absolute atomic E-state index is 0. The van der Waals surface area contributed by atoms with E-state index < -0.39 is 0 Å². The zero-order chi connectivity index (χ0) is 20.4. The van der Waals surface area contributed by atoms with Crippen LogP contribution in [0.5, 0.6) is 0 Å². The third kappa shape index (κ3) is 8.27. The van der Waals surface area contributed by atoms with Crippen LogP contribution in [-0.2, 0) is 42.2 Å². The topological polar surface area (TPSA) is 24.7 Å². The fourth-order valence-corrected chi connectivity index (χ4v) is 3.26. The van der Waals surface area contributed by atoms with Crippen molar-refractivity contribution in [3.63, 3.8) is 0 Å². The normalized spacial score (nSPS) is 11.7. The van der Waals surface area contributed by atoms with Crippen LogP contribution in [0.4, 0.5) is 11.4 Å². The maximum Gasteiger partial charge on any atom is 0.0639 e. The molecule has 0 aliphatic carbocycles. The number of aliphatic imine (C=N–C) groups is 2. The summed E-state index contributed by atoms with van der Waals surface area (Å²) in [5.74, 6) is 0. The third-order valence-corrected chi connectivity index (χ3v) is 5.13. The van der Waals surface area contributed by atoms with Gasteiger partial charge in [0.2, 0.25) is 0 Å². The number of hydrogen-bond donors (Lipinski definition) is 0. The van der Waals surface area contributed by atoms with Crippen LogP contribution in [-0.4, -0.2) is 11.9 Å². The van der Waals surface area contributed by atoms with Crippen molar-refractivity contribution in [1.82, 2.24) is 0 Å². The van der Waals surface area contributed by atoms with Gasteiger partial charge in [-0.3, -0.25) is 9.98 Å². The van der Waals surface area contributed by atoms with Crippen molar-refractivity contribution in [1.29, 1.82) is 0 Å². The summed E-state index contributed by atoms with van der Waals surface area (Å²) in [7, 11) is 0. The number of benzene rings is 2. The first-order valence-corrected chi connectivity index (χ1v) is 11.0. The summed E-state index contributed by atoms with van der Waals surface area (Å²) in [6.07, 6.45) is 9.39. The summed E-state index contributed by atoms with van der Waals surface area (Å²) >= 11 is 0. The van der Waals surface area contributed by atoms with Gasteiger partial charge in [0.1, 0.15) is 0 Å². The standard InChI is InChI=1S/C26H36N2.Ni/c1-6-11-12-24(28-26-17-22(9-4)14-23(10-5)18-26)19-27-25-15-20(7-2)13-21(8-3)16-25;/h13-19H,6-12H2,1-5H3;. The molecule has 2 rings (SSSR count). The largest absolute Gasteiger partial charge is 0.255 e. The van der Waals surface area contributed by atoms with Gasteiger partial charge < -0.3 is 0 Å². The van der Waals surface area contributed by atoms with Crippen molar-refractivity contribution in [2.75, 3.05) is 0 Å². The number of hydrogen-bond acceptors (Lipinski definition) is 2. The van der Waals surface area contributed by atoms with Crippen molar-refractivity contribution < 1.29 is 16.5 Å². The Morgan fingerprint density at radius 3 is 1.55 bits per heavy atom. The van der Waals surface area contributed by atoms with Gasteiger partial charge >= 0.3 is 0 Å². The Kier molecular flexibility index (Phi) is 11.8. The van der Waals surface area contributed by atoms with Crippen LogP contribution >= 0.6 is 0 Å². The van der Waals surface area contributed by atoms with Crippen LogP contribution in [0.3, 0.4) is 0 Å². The average Bonchev–Trinajstić information content (AvgIpc) is 2.74. The average molecular weight is 435 g/mol. The van der Waals surface area contributed by atoms with Crippen LogP contribution in [0, 0.1) is 0 Å². The molecule has 0 aromatic heterocycles. The first kappa shape index (κ1) is 25.3. The summed E-state index contributed by atoms with van der Waals surface area (Å²) in [4.78, 5) is 9.78. The Hall–Kier alpha value is -1.73. The third-order valence-electron chi connectivity index (χ3n) is 5.13. The Balaban J connectivity index is 0.00000420. The zero-order valence-corrected chi connectivity index (χ0v) is 19.7. The Bertz CT molecular complexity index is 777. The molecule has 2 aromatic carbocycles. The quantitative estimate of drug-likeness (QED) is 0.271. The maximum absolute atomic E-state index is 4.98. The number of rotatable bonds is 10. The first-order valence-electron chi connectivity index (χ1n) is 11.0. The van der Waals surface area contributed by atoms with Gasteiger partial charge in [0, 0.05) is 22.7 Å². The van der Waals surface area contributed by atoms with Crippen LogP contribution < -0.4 is 0 Å². The maximum atomic E-state index is 4.98. The van der Waals surface area contributed by atoms with Gasteiger partial charge in [0.05, 0.1) is 17.1 Å². The minimum atomic E-state index is 0. The van der Waals surface area contributed by atoms with E-state index in [9.17, 15) is 0 Å². The molecule has 3 heteroatoms. The molecule has 0 heterocycles. The van der Waals surface area contributed by atoms with E-state index in [1.165, 1.54) is 22.3 Å². The fourth-order valence-electron chi connectivity index (χ4n) is 3.26. The van der Waals surface area contributed by atoms with Gasteiger partial charge in [-0.2, -0.15) is 0 Å². The van der Waals surface area contributed by atoms with E-state index in [2.05, 4.69) is 71.0 Å². The van der Waals surface area contributed by atoms with Crippen LogP contribution in [0.15, 0.2) is 46.4 Å². The van der Waals surface area contributed by atoms with E-state index in [1.54, 1.807) is 0 Å². The molecule has 0 aliphatic heterocycles. The number of nitrogens with zero attached hydrogens (tertiary/aromatic N) is 2. The SMILES string of the molecule is CCCCC(C=Nc1cc(CC)cc(CC)c1)=Nc1cc(CC)cc(CC)c1.[Ni]. The smallest absolute Gasteiger partial charge is 0.0639 e. The molecule has 0 spiro atoms. The summed E-state index contributed by atoms with van der Waals surface area (Å²) in [6, 6.07) is 13.4. The Morgan fingerprint density at radius 2 is 1.14 bits per heavy atom. The van der Waals surface area contributed by atoms with Crippen molar-refractivity contribution in [2.45, 2.75) is 79.6 Å². The second kappa shape index (κ2) is 13.5. The molecular weight excluding hydrogens is 399 g/mol. The molecule has 0 unspecified atom stereocenters. The van der Waals surface area contributed by atoms with Crippen molar-refractivity contribution in [2.24, 2.45) is 9.98 Å². The molecule has 0 amide bonds. The van der Waals surface area contributed by atoms with Crippen LogP contribution in [0.2, 0.25) is 0 Å².